The molecule has 3 fully saturated rings. The van der Waals surface area contributed by atoms with Gasteiger partial charge in [-0.3, -0.25) is 4.90 Å². The molecule has 1 heterocycles. The molecule has 3 rings (SSSR count). The normalized spacial score (nSPS) is 38.9. The molecular formula is C13H24N2O2S. The lowest BCUT2D eigenvalue weighted by molar-refractivity contribution is 0.0572. The molecule has 0 aromatic heterocycles. The third-order valence-electron chi connectivity index (χ3n) is 4.93. The van der Waals surface area contributed by atoms with E-state index in [9.17, 15) is 8.42 Å². The van der Waals surface area contributed by atoms with Crippen LogP contribution in [0.25, 0.3) is 0 Å². The minimum Gasteiger partial charge on any atom is -0.314 e. The number of nitrogens with one attached hydrogen (secondary N) is 1. The molecule has 0 radical (unpaired) electrons. The third-order valence-corrected chi connectivity index (χ3v) is 6.68. The van der Waals surface area contributed by atoms with E-state index >= 15 is 0 Å². The fourth-order valence-corrected chi connectivity index (χ4v) is 5.08. The van der Waals surface area contributed by atoms with Crippen LogP contribution in [0.15, 0.2) is 0 Å². The monoisotopic (exact) mass is 272 g/mol. The number of nitrogens with zero attached hydrogens (tertiary/aromatic N) is 1. The summed E-state index contributed by atoms with van der Waals surface area (Å²) in [5, 5.41) is 3.61. The van der Waals surface area contributed by atoms with Gasteiger partial charge < -0.3 is 5.32 Å². The highest BCUT2D eigenvalue weighted by Gasteiger charge is 2.40. The zero-order valence-corrected chi connectivity index (χ0v) is 12.0. The zero-order chi connectivity index (χ0) is 12.8. The average Bonchev–Trinajstić information content (AvgIpc) is 3.00. The first-order valence-corrected chi connectivity index (χ1v) is 9.03. The standard InChI is InChI=1S/C13H24N2O2S/c1-15(12-6-7-18(16,17)9-12)13-5-2-10(13)8-14-11-3-4-11/h10-14H,2-9H2,1H3. The summed E-state index contributed by atoms with van der Waals surface area (Å²) in [6.45, 7) is 1.12. The first-order valence-electron chi connectivity index (χ1n) is 7.21. The number of rotatable bonds is 5. The van der Waals surface area contributed by atoms with Crippen LogP contribution in [0.4, 0.5) is 0 Å². The minimum atomic E-state index is -2.75. The molecule has 2 saturated carbocycles. The summed E-state index contributed by atoms with van der Waals surface area (Å²) in [5.41, 5.74) is 0. The Hall–Kier alpha value is -0.130. The molecule has 4 nitrogen and oxygen atoms in total. The van der Waals surface area contributed by atoms with Gasteiger partial charge >= 0.3 is 0 Å². The molecule has 0 aromatic rings. The SMILES string of the molecule is CN(C1CCS(=O)(=O)C1)C1CCC1CNC1CC1. The Labute approximate surface area is 110 Å². The van der Waals surface area contributed by atoms with Crippen LogP contribution in [-0.4, -0.2) is 56.5 Å². The van der Waals surface area contributed by atoms with Gasteiger partial charge in [0.1, 0.15) is 0 Å². The highest BCUT2D eigenvalue weighted by molar-refractivity contribution is 7.91. The summed E-state index contributed by atoms with van der Waals surface area (Å²) >= 11 is 0. The first-order chi connectivity index (χ1) is 8.55. The van der Waals surface area contributed by atoms with E-state index in [1.807, 2.05) is 0 Å². The summed E-state index contributed by atoms with van der Waals surface area (Å²) in [7, 11) is -0.624. The van der Waals surface area contributed by atoms with Crippen molar-refractivity contribution in [3.8, 4) is 0 Å². The van der Waals surface area contributed by atoms with Gasteiger partial charge in [-0.25, -0.2) is 8.42 Å². The van der Waals surface area contributed by atoms with Gasteiger partial charge in [-0.15, -0.1) is 0 Å². The van der Waals surface area contributed by atoms with E-state index < -0.39 is 9.84 Å². The molecule has 3 unspecified atom stereocenters. The van der Waals surface area contributed by atoms with E-state index in [4.69, 9.17) is 0 Å². The van der Waals surface area contributed by atoms with Crippen molar-refractivity contribution in [2.75, 3.05) is 25.1 Å². The third kappa shape index (κ3) is 2.73. The van der Waals surface area contributed by atoms with Crippen LogP contribution < -0.4 is 5.32 Å². The van der Waals surface area contributed by atoms with E-state index in [0.717, 1.165) is 24.9 Å². The van der Waals surface area contributed by atoms with E-state index in [1.165, 1.54) is 25.7 Å². The van der Waals surface area contributed by atoms with Crippen molar-refractivity contribution in [3.05, 3.63) is 0 Å². The minimum absolute atomic E-state index is 0.267. The molecule has 0 amide bonds. The van der Waals surface area contributed by atoms with Gasteiger partial charge in [0, 0.05) is 18.1 Å². The molecular weight excluding hydrogens is 248 g/mol. The maximum atomic E-state index is 11.5. The predicted molar refractivity (Wildman–Crippen MR) is 72.4 cm³/mol. The van der Waals surface area contributed by atoms with Crippen LogP contribution in [-0.2, 0) is 9.84 Å². The van der Waals surface area contributed by atoms with Crippen molar-refractivity contribution >= 4 is 9.84 Å². The van der Waals surface area contributed by atoms with Crippen molar-refractivity contribution < 1.29 is 8.42 Å². The molecule has 104 valence electrons. The summed E-state index contributed by atoms with van der Waals surface area (Å²) in [6, 6.07) is 1.65. The number of sulfone groups is 1. The second-order valence-electron chi connectivity index (χ2n) is 6.31. The smallest absolute Gasteiger partial charge is 0.151 e. The van der Waals surface area contributed by atoms with Gasteiger partial charge in [0.25, 0.3) is 0 Å². The van der Waals surface area contributed by atoms with E-state index in [1.54, 1.807) is 0 Å². The lowest BCUT2D eigenvalue weighted by atomic mass is 9.78. The molecule has 1 saturated heterocycles. The van der Waals surface area contributed by atoms with Crippen LogP contribution in [0.1, 0.15) is 32.1 Å². The molecule has 3 aliphatic rings. The molecule has 1 N–H and O–H groups in total. The van der Waals surface area contributed by atoms with E-state index in [-0.39, 0.29) is 6.04 Å². The molecule has 5 heteroatoms. The van der Waals surface area contributed by atoms with Gasteiger partial charge in [0.2, 0.25) is 0 Å². The topological polar surface area (TPSA) is 49.4 Å². The van der Waals surface area contributed by atoms with Crippen LogP contribution in [0.3, 0.4) is 0 Å². The Morgan fingerprint density at radius 2 is 1.94 bits per heavy atom. The molecule has 18 heavy (non-hydrogen) atoms. The summed E-state index contributed by atoms with van der Waals surface area (Å²) in [5.74, 6) is 1.50. The van der Waals surface area contributed by atoms with Crippen molar-refractivity contribution in [3.63, 3.8) is 0 Å². The molecule has 0 bridgehead atoms. The Balaban J connectivity index is 1.50. The largest absolute Gasteiger partial charge is 0.314 e. The predicted octanol–water partition coefficient (Wildman–Crippen LogP) is 0.636. The zero-order valence-electron chi connectivity index (χ0n) is 11.1. The van der Waals surface area contributed by atoms with Crippen LogP contribution >= 0.6 is 0 Å². The highest BCUT2D eigenvalue weighted by atomic mass is 32.2. The number of hydrogen-bond acceptors (Lipinski definition) is 4. The fourth-order valence-electron chi connectivity index (χ4n) is 3.30. The Kier molecular flexibility index (Phi) is 3.41. The van der Waals surface area contributed by atoms with Crippen LogP contribution in [0, 0.1) is 5.92 Å². The summed E-state index contributed by atoms with van der Waals surface area (Å²) in [4.78, 5) is 2.35. The van der Waals surface area contributed by atoms with Crippen molar-refractivity contribution in [1.29, 1.82) is 0 Å². The van der Waals surface area contributed by atoms with Gasteiger partial charge in [-0.1, -0.05) is 0 Å². The molecule has 0 spiro atoms. The van der Waals surface area contributed by atoms with Crippen LogP contribution in [0.2, 0.25) is 0 Å². The Morgan fingerprint density at radius 3 is 2.44 bits per heavy atom. The maximum absolute atomic E-state index is 11.5. The second kappa shape index (κ2) is 4.76. The maximum Gasteiger partial charge on any atom is 0.151 e. The lowest BCUT2D eigenvalue weighted by Gasteiger charge is -2.45. The van der Waals surface area contributed by atoms with Gasteiger partial charge in [0.15, 0.2) is 9.84 Å². The average molecular weight is 272 g/mol. The Bertz CT molecular complexity index is 405. The van der Waals surface area contributed by atoms with Crippen LogP contribution in [0.5, 0.6) is 0 Å². The van der Waals surface area contributed by atoms with Gasteiger partial charge in [-0.2, -0.15) is 0 Å². The molecule has 1 aliphatic heterocycles. The van der Waals surface area contributed by atoms with Crippen molar-refractivity contribution in [1.82, 2.24) is 10.2 Å². The number of hydrogen-bond donors (Lipinski definition) is 1. The first kappa shape index (κ1) is 12.9. The Morgan fingerprint density at radius 1 is 1.17 bits per heavy atom. The van der Waals surface area contributed by atoms with Gasteiger partial charge in [-0.05, 0) is 51.6 Å². The van der Waals surface area contributed by atoms with Gasteiger partial charge in [0.05, 0.1) is 11.5 Å². The van der Waals surface area contributed by atoms with E-state index in [2.05, 4.69) is 17.3 Å². The highest BCUT2D eigenvalue weighted by Crippen LogP contribution is 2.34. The second-order valence-corrected chi connectivity index (χ2v) is 8.54. The summed E-state index contributed by atoms with van der Waals surface area (Å²) in [6.07, 6.45) is 6.05. The lowest BCUT2D eigenvalue weighted by Crippen LogP contribution is -2.53. The summed E-state index contributed by atoms with van der Waals surface area (Å²) < 4.78 is 23.1. The van der Waals surface area contributed by atoms with Crippen molar-refractivity contribution in [2.45, 2.75) is 50.2 Å². The molecule has 0 aromatic carbocycles. The molecule has 3 atom stereocenters. The fraction of sp³-hybridized carbons (Fsp3) is 1.00. The quantitative estimate of drug-likeness (QED) is 0.798. The molecule has 2 aliphatic carbocycles. The van der Waals surface area contributed by atoms with E-state index in [0.29, 0.717) is 17.5 Å². The van der Waals surface area contributed by atoms with Crippen molar-refractivity contribution in [2.24, 2.45) is 5.92 Å².